The Balaban J connectivity index is 2.13. The lowest BCUT2D eigenvalue weighted by Crippen LogP contribution is -2.04. The van der Waals surface area contributed by atoms with Gasteiger partial charge in [0.05, 0.1) is 11.8 Å². The first-order valence-corrected chi connectivity index (χ1v) is 7.33. The molecule has 0 aliphatic carbocycles. The number of aromatic nitrogens is 2. The topological polar surface area (TPSA) is 55.1 Å². The molecular formula is C18H18N2O2. The standard InChI is InChI=1S/C18H18N2O2/c1-12(2)10-20-11-15(9-19-20)16-7-13-5-3-4-6-14(13)8-17(16)18(21)22/h3-9,11-12H,10H2,1-2H3,(H,21,22). The Kier molecular flexibility index (Phi) is 3.67. The molecule has 0 saturated heterocycles. The molecule has 0 bridgehead atoms. The van der Waals surface area contributed by atoms with Crippen molar-refractivity contribution in [1.29, 1.82) is 0 Å². The van der Waals surface area contributed by atoms with Gasteiger partial charge in [-0.05, 0) is 34.4 Å². The molecule has 0 radical (unpaired) electrons. The maximum Gasteiger partial charge on any atom is 0.336 e. The van der Waals surface area contributed by atoms with E-state index in [1.165, 1.54) is 0 Å². The summed E-state index contributed by atoms with van der Waals surface area (Å²) in [6.07, 6.45) is 3.65. The third kappa shape index (κ3) is 2.72. The molecule has 1 heterocycles. The number of nitrogens with zero attached hydrogens (tertiary/aromatic N) is 2. The van der Waals surface area contributed by atoms with Crippen molar-refractivity contribution < 1.29 is 9.90 Å². The van der Waals surface area contributed by atoms with E-state index in [4.69, 9.17) is 0 Å². The molecule has 0 saturated carbocycles. The number of aromatic carboxylic acids is 1. The van der Waals surface area contributed by atoms with Gasteiger partial charge in [-0.15, -0.1) is 0 Å². The monoisotopic (exact) mass is 294 g/mol. The summed E-state index contributed by atoms with van der Waals surface area (Å²) < 4.78 is 1.86. The van der Waals surface area contributed by atoms with Crippen molar-refractivity contribution in [2.24, 2.45) is 5.92 Å². The lowest BCUT2D eigenvalue weighted by atomic mass is 9.97. The van der Waals surface area contributed by atoms with E-state index < -0.39 is 5.97 Å². The van der Waals surface area contributed by atoms with E-state index in [1.807, 2.05) is 41.2 Å². The zero-order valence-electron chi connectivity index (χ0n) is 12.7. The number of carboxylic acids is 1. The van der Waals surface area contributed by atoms with Gasteiger partial charge in [0.1, 0.15) is 0 Å². The minimum Gasteiger partial charge on any atom is -0.478 e. The molecule has 0 aliphatic rings. The number of hydrogen-bond donors (Lipinski definition) is 1. The highest BCUT2D eigenvalue weighted by Gasteiger charge is 2.15. The summed E-state index contributed by atoms with van der Waals surface area (Å²) in [6.45, 7) is 5.07. The fourth-order valence-electron chi connectivity index (χ4n) is 2.63. The van der Waals surface area contributed by atoms with Crippen molar-refractivity contribution in [2.75, 3.05) is 0 Å². The van der Waals surface area contributed by atoms with Gasteiger partial charge in [-0.2, -0.15) is 5.10 Å². The van der Waals surface area contributed by atoms with Gasteiger partial charge in [0.15, 0.2) is 0 Å². The van der Waals surface area contributed by atoms with Crippen LogP contribution in [0.2, 0.25) is 0 Å². The van der Waals surface area contributed by atoms with Crippen LogP contribution >= 0.6 is 0 Å². The second-order valence-corrected chi connectivity index (χ2v) is 5.89. The molecule has 1 N–H and O–H groups in total. The summed E-state index contributed by atoms with van der Waals surface area (Å²) in [5.41, 5.74) is 1.85. The highest BCUT2D eigenvalue weighted by atomic mass is 16.4. The normalized spacial score (nSPS) is 11.2. The number of benzene rings is 2. The third-order valence-corrected chi connectivity index (χ3v) is 3.61. The van der Waals surface area contributed by atoms with Gasteiger partial charge in [0.2, 0.25) is 0 Å². The number of fused-ring (bicyclic) bond motifs is 1. The average Bonchev–Trinajstić information content (AvgIpc) is 2.93. The molecule has 0 aliphatic heterocycles. The Morgan fingerprint density at radius 2 is 1.91 bits per heavy atom. The average molecular weight is 294 g/mol. The molecule has 4 heteroatoms. The Hall–Kier alpha value is -2.62. The highest BCUT2D eigenvalue weighted by Crippen LogP contribution is 2.28. The molecule has 4 nitrogen and oxygen atoms in total. The van der Waals surface area contributed by atoms with E-state index in [0.717, 1.165) is 22.9 Å². The quantitative estimate of drug-likeness (QED) is 0.789. The molecule has 22 heavy (non-hydrogen) atoms. The fraction of sp³-hybridized carbons (Fsp3) is 0.222. The Bertz CT molecular complexity index is 834. The molecule has 112 valence electrons. The number of carboxylic acid groups (broad SMARTS) is 1. The van der Waals surface area contributed by atoms with E-state index in [9.17, 15) is 9.90 Å². The summed E-state index contributed by atoms with van der Waals surface area (Å²) in [5.74, 6) is -0.430. The molecule has 0 fully saturated rings. The maximum absolute atomic E-state index is 11.6. The van der Waals surface area contributed by atoms with Crippen molar-refractivity contribution in [1.82, 2.24) is 9.78 Å². The van der Waals surface area contributed by atoms with Crippen LogP contribution in [0.3, 0.4) is 0 Å². The van der Waals surface area contributed by atoms with Gasteiger partial charge in [-0.25, -0.2) is 4.79 Å². The number of rotatable bonds is 4. The van der Waals surface area contributed by atoms with Gasteiger partial charge in [-0.1, -0.05) is 38.1 Å². The molecule has 1 aromatic heterocycles. The molecule has 0 spiro atoms. The predicted molar refractivity (Wildman–Crippen MR) is 87.0 cm³/mol. The first-order valence-electron chi connectivity index (χ1n) is 7.33. The predicted octanol–water partition coefficient (Wildman–Crippen LogP) is 4.06. The first-order chi connectivity index (χ1) is 10.5. The summed E-state index contributed by atoms with van der Waals surface area (Å²) in [7, 11) is 0. The van der Waals surface area contributed by atoms with Gasteiger partial charge >= 0.3 is 5.97 Å². The van der Waals surface area contributed by atoms with Crippen molar-refractivity contribution in [2.45, 2.75) is 20.4 Å². The zero-order chi connectivity index (χ0) is 15.7. The Morgan fingerprint density at radius 1 is 1.23 bits per heavy atom. The molecule has 2 aromatic carbocycles. The van der Waals surface area contributed by atoms with E-state index in [0.29, 0.717) is 17.0 Å². The summed E-state index contributed by atoms with van der Waals surface area (Å²) in [5, 5.41) is 15.8. The van der Waals surface area contributed by atoms with Crippen LogP contribution in [-0.2, 0) is 6.54 Å². The lowest BCUT2D eigenvalue weighted by molar-refractivity contribution is 0.0698. The largest absolute Gasteiger partial charge is 0.478 e. The van der Waals surface area contributed by atoms with E-state index in [2.05, 4.69) is 18.9 Å². The minimum atomic E-state index is -0.919. The SMILES string of the molecule is CC(C)Cn1cc(-c2cc3ccccc3cc2C(=O)O)cn1. The second kappa shape index (κ2) is 5.64. The Morgan fingerprint density at radius 3 is 2.55 bits per heavy atom. The van der Waals surface area contributed by atoms with E-state index in [-0.39, 0.29) is 0 Å². The van der Waals surface area contributed by atoms with Crippen LogP contribution in [0.5, 0.6) is 0 Å². The van der Waals surface area contributed by atoms with Crippen LogP contribution in [-0.4, -0.2) is 20.9 Å². The number of hydrogen-bond acceptors (Lipinski definition) is 2. The molecule has 0 unspecified atom stereocenters. The van der Waals surface area contributed by atoms with Crippen LogP contribution in [0.4, 0.5) is 0 Å². The van der Waals surface area contributed by atoms with E-state index in [1.54, 1.807) is 12.3 Å². The van der Waals surface area contributed by atoms with Gasteiger partial charge in [-0.3, -0.25) is 4.68 Å². The van der Waals surface area contributed by atoms with Gasteiger partial charge in [0, 0.05) is 18.3 Å². The van der Waals surface area contributed by atoms with Crippen LogP contribution in [0.15, 0.2) is 48.8 Å². The van der Waals surface area contributed by atoms with Crippen molar-refractivity contribution in [3.63, 3.8) is 0 Å². The fourth-order valence-corrected chi connectivity index (χ4v) is 2.63. The summed E-state index contributed by atoms with van der Waals surface area (Å²) in [6, 6.07) is 11.4. The summed E-state index contributed by atoms with van der Waals surface area (Å²) >= 11 is 0. The number of carbonyl (C=O) groups is 1. The first kappa shape index (κ1) is 14.3. The van der Waals surface area contributed by atoms with Crippen LogP contribution in [0.1, 0.15) is 24.2 Å². The van der Waals surface area contributed by atoms with E-state index >= 15 is 0 Å². The zero-order valence-corrected chi connectivity index (χ0v) is 12.7. The van der Waals surface area contributed by atoms with Crippen LogP contribution in [0, 0.1) is 5.92 Å². The van der Waals surface area contributed by atoms with Gasteiger partial charge < -0.3 is 5.11 Å². The molecule has 0 atom stereocenters. The molecule has 3 aromatic rings. The lowest BCUT2D eigenvalue weighted by Gasteiger charge is -2.07. The Labute approximate surface area is 129 Å². The highest BCUT2D eigenvalue weighted by molar-refractivity contribution is 6.02. The van der Waals surface area contributed by atoms with Crippen LogP contribution in [0.25, 0.3) is 21.9 Å². The second-order valence-electron chi connectivity index (χ2n) is 5.89. The summed E-state index contributed by atoms with van der Waals surface area (Å²) in [4.78, 5) is 11.6. The molecule has 3 rings (SSSR count). The van der Waals surface area contributed by atoms with Crippen molar-refractivity contribution in [3.8, 4) is 11.1 Å². The van der Waals surface area contributed by atoms with Gasteiger partial charge in [0.25, 0.3) is 0 Å². The third-order valence-electron chi connectivity index (χ3n) is 3.61. The molecule has 0 amide bonds. The minimum absolute atomic E-state index is 0.308. The van der Waals surface area contributed by atoms with Crippen molar-refractivity contribution in [3.05, 3.63) is 54.4 Å². The van der Waals surface area contributed by atoms with Crippen LogP contribution < -0.4 is 0 Å². The maximum atomic E-state index is 11.6. The molecular weight excluding hydrogens is 276 g/mol. The van der Waals surface area contributed by atoms with Crippen molar-refractivity contribution >= 4 is 16.7 Å². The smallest absolute Gasteiger partial charge is 0.336 e.